The predicted molar refractivity (Wildman–Crippen MR) is 91.8 cm³/mol. The van der Waals surface area contributed by atoms with Crippen LogP contribution in [0.1, 0.15) is 25.8 Å². The number of hydrogen-bond donors (Lipinski definition) is 1. The van der Waals surface area contributed by atoms with Gasteiger partial charge in [-0.3, -0.25) is 9.59 Å². The molecule has 4 nitrogen and oxygen atoms in total. The highest BCUT2D eigenvalue weighted by Crippen LogP contribution is 2.14. The highest BCUT2D eigenvalue weighted by molar-refractivity contribution is 6.03. The van der Waals surface area contributed by atoms with Crippen LogP contribution in [0.25, 0.3) is 0 Å². The highest BCUT2D eigenvalue weighted by atomic mass is 19.1. The fourth-order valence-corrected chi connectivity index (χ4v) is 2.33. The van der Waals surface area contributed by atoms with Gasteiger partial charge in [0.25, 0.3) is 0 Å². The molecule has 0 aliphatic carbocycles. The Balaban J connectivity index is 2.00. The van der Waals surface area contributed by atoms with Gasteiger partial charge in [0.15, 0.2) is 0 Å². The van der Waals surface area contributed by atoms with Gasteiger partial charge in [0.05, 0.1) is 5.69 Å². The first-order chi connectivity index (χ1) is 11.5. The zero-order chi connectivity index (χ0) is 17.5. The van der Waals surface area contributed by atoms with Gasteiger partial charge in [0.1, 0.15) is 12.2 Å². The van der Waals surface area contributed by atoms with Gasteiger partial charge in [-0.05, 0) is 31.5 Å². The largest absolute Gasteiger partial charge is 0.336 e. The summed E-state index contributed by atoms with van der Waals surface area (Å²) in [5.74, 6) is -1.34. The molecule has 0 aromatic heterocycles. The van der Waals surface area contributed by atoms with E-state index in [-0.39, 0.29) is 24.1 Å². The summed E-state index contributed by atoms with van der Waals surface area (Å²) in [6.45, 7) is 4.23. The number of benzene rings is 2. The van der Waals surface area contributed by atoms with E-state index in [1.54, 1.807) is 11.0 Å². The second-order valence-corrected chi connectivity index (χ2v) is 5.81. The van der Waals surface area contributed by atoms with E-state index >= 15 is 0 Å². The molecule has 1 N–H and O–H groups in total. The van der Waals surface area contributed by atoms with Crippen LogP contribution in [0.3, 0.4) is 0 Å². The van der Waals surface area contributed by atoms with Crippen LogP contribution in [0, 0.1) is 5.82 Å². The molecule has 0 unspecified atom stereocenters. The molecule has 24 heavy (non-hydrogen) atoms. The molecule has 0 saturated carbocycles. The Bertz CT molecular complexity index is 702. The number of halogens is 1. The zero-order valence-corrected chi connectivity index (χ0v) is 13.8. The molecular weight excluding hydrogens is 307 g/mol. The zero-order valence-electron chi connectivity index (χ0n) is 13.8. The number of anilines is 1. The van der Waals surface area contributed by atoms with Crippen molar-refractivity contribution >= 4 is 17.5 Å². The third kappa shape index (κ3) is 4.91. The number of nitrogens with zero attached hydrogens (tertiary/aromatic N) is 1. The maximum Gasteiger partial charge on any atom is 0.233 e. The Labute approximate surface area is 141 Å². The number of carbonyl (C=O) groups excluding carboxylic acids is 2. The average molecular weight is 328 g/mol. The Morgan fingerprint density at radius 3 is 2.29 bits per heavy atom. The van der Waals surface area contributed by atoms with Gasteiger partial charge in [-0.25, -0.2) is 4.39 Å². The minimum absolute atomic E-state index is 0.0426. The van der Waals surface area contributed by atoms with E-state index in [9.17, 15) is 14.0 Å². The van der Waals surface area contributed by atoms with Gasteiger partial charge >= 0.3 is 0 Å². The van der Waals surface area contributed by atoms with Crippen molar-refractivity contribution in [3.63, 3.8) is 0 Å². The molecule has 0 atom stereocenters. The Kier molecular flexibility index (Phi) is 6.07. The summed E-state index contributed by atoms with van der Waals surface area (Å²) in [6, 6.07) is 15.4. The Morgan fingerprint density at radius 2 is 1.67 bits per heavy atom. The fraction of sp³-hybridized carbons (Fsp3) is 0.263. The molecule has 0 radical (unpaired) electrons. The average Bonchev–Trinajstić information content (AvgIpc) is 2.55. The summed E-state index contributed by atoms with van der Waals surface area (Å²) in [5.41, 5.74) is 1.07. The Morgan fingerprint density at radius 1 is 1.04 bits per heavy atom. The smallest absolute Gasteiger partial charge is 0.233 e. The second-order valence-electron chi connectivity index (χ2n) is 5.81. The Hall–Kier alpha value is -2.69. The van der Waals surface area contributed by atoms with E-state index in [4.69, 9.17) is 0 Å². The van der Waals surface area contributed by atoms with Crippen molar-refractivity contribution in [2.45, 2.75) is 32.9 Å². The molecule has 0 spiro atoms. The second kappa shape index (κ2) is 8.24. The summed E-state index contributed by atoms with van der Waals surface area (Å²) in [4.78, 5) is 26.1. The van der Waals surface area contributed by atoms with E-state index in [1.165, 1.54) is 18.2 Å². The summed E-state index contributed by atoms with van der Waals surface area (Å²) >= 11 is 0. The van der Waals surface area contributed by atoms with Gasteiger partial charge in [-0.15, -0.1) is 0 Å². The minimum Gasteiger partial charge on any atom is -0.336 e. The van der Waals surface area contributed by atoms with Crippen LogP contribution in [-0.2, 0) is 16.1 Å². The highest BCUT2D eigenvalue weighted by Gasteiger charge is 2.20. The van der Waals surface area contributed by atoms with Gasteiger partial charge in [0, 0.05) is 12.6 Å². The van der Waals surface area contributed by atoms with Crippen LogP contribution in [-0.4, -0.2) is 22.8 Å². The molecule has 0 fully saturated rings. The van der Waals surface area contributed by atoms with Crippen molar-refractivity contribution in [1.29, 1.82) is 0 Å². The van der Waals surface area contributed by atoms with Gasteiger partial charge in [-0.1, -0.05) is 42.5 Å². The fourth-order valence-electron chi connectivity index (χ4n) is 2.33. The number of hydrogen-bond acceptors (Lipinski definition) is 2. The van der Waals surface area contributed by atoms with Gasteiger partial charge in [-0.2, -0.15) is 0 Å². The lowest BCUT2D eigenvalue weighted by atomic mass is 10.1. The summed E-state index contributed by atoms with van der Waals surface area (Å²) in [5, 5.41) is 2.44. The maximum atomic E-state index is 13.6. The molecule has 0 aliphatic rings. The normalized spacial score (nSPS) is 10.5. The van der Waals surface area contributed by atoms with E-state index < -0.39 is 11.7 Å². The monoisotopic (exact) mass is 328 g/mol. The lowest BCUT2D eigenvalue weighted by molar-refractivity contribution is -0.136. The van der Waals surface area contributed by atoms with Crippen molar-refractivity contribution < 1.29 is 14.0 Å². The van der Waals surface area contributed by atoms with Crippen LogP contribution in [0.5, 0.6) is 0 Å². The summed E-state index contributed by atoms with van der Waals surface area (Å²) < 4.78 is 13.6. The number of amides is 2. The van der Waals surface area contributed by atoms with Crippen LogP contribution in [0.4, 0.5) is 10.1 Å². The van der Waals surface area contributed by atoms with E-state index in [0.717, 1.165) is 5.56 Å². The molecule has 0 saturated heterocycles. The van der Waals surface area contributed by atoms with Crippen molar-refractivity contribution in [2.75, 3.05) is 5.32 Å². The number of rotatable bonds is 6. The predicted octanol–water partition coefficient (Wildman–Crippen LogP) is 3.59. The molecule has 2 amide bonds. The van der Waals surface area contributed by atoms with Crippen molar-refractivity contribution in [3.8, 4) is 0 Å². The minimum atomic E-state index is -0.525. The first-order valence-corrected chi connectivity index (χ1v) is 7.85. The molecule has 2 aromatic rings. The molecule has 0 heterocycles. The van der Waals surface area contributed by atoms with Gasteiger partial charge in [0.2, 0.25) is 11.8 Å². The lowest BCUT2D eigenvalue weighted by Gasteiger charge is -2.26. The lowest BCUT2D eigenvalue weighted by Crippen LogP contribution is -2.38. The quantitative estimate of drug-likeness (QED) is 0.824. The van der Waals surface area contributed by atoms with Crippen molar-refractivity contribution in [2.24, 2.45) is 0 Å². The van der Waals surface area contributed by atoms with Crippen molar-refractivity contribution in [3.05, 3.63) is 66.0 Å². The van der Waals surface area contributed by atoms with E-state index in [0.29, 0.717) is 6.54 Å². The van der Waals surface area contributed by atoms with Gasteiger partial charge < -0.3 is 10.2 Å². The van der Waals surface area contributed by atoms with Crippen molar-refractivity contribution in [1.82, 2.24) is 4.90 Å². The third-order valence-corrected chi connectivity index (χ3v) is 3.60. The number of para-hydroxylation sites is 1. The number of carbonyl (C=O) groups is 2. The molecule has 0 aliphatic heterocycles. The van der Waals surface area contributed by atoms with Crippen LogP contribution < -0.4 is 5.32 Å². The van der Waals surface area contributed by atoms with E-state index in [1.807, 2.05) is 44.2 Å². The molecule has 5 heteroatoms. The van der Waals surface area contributed by atoms with Crippen LogP contribution >= 0.6 is 0 Å². The summed E-state index contributed by atoms with van der Waals surface area (Å²) in [7, 11) is 0. The molecular formula is C19H21FN2O2. The molecule has 2 aromatic carbocycles. The first-order valence-electron chi connectivity index (χ1n) is 7.85. The summed E-state index contributed by atoms with van der Waals surface area (Å²) in [6.07, 6.45) is -0.320. The first kappa shape index (κ1) is 17.7. The topological polar surface area (TPSA) is 49.4 Å². The third-order valence-electron chi connectivity index (χ3n) is 3.60. The number of nitrogens with one attached hydrogen (secondary N) is 1. The van der Waals surface area contributed by atoms with Crippen LogP contribution in [0.15, 0.2) is 54.6 Å². The van der Waals surface area contributed by atoms with Crippen LogP contribution in [0.2, 0.25) is 0 Å². The standard InChI is InChI=1S/C19H21FN2O2/c1-14(2)22(13-15-8-4-3-5-9-15)19(24)12-18(23)21-17-11-7-6-10-16(17)20/h3-11,14H,12-13H2,1-2H3,(H,21,23). The molecule has 0 bridgehead atoms. The maximum absolute atomic E-state index is 13.6. The molecule has 2 rings (SSSR count). The molecule has 126 valence electrons. The van der Waals surface area contributed by atoms with E-state index in [2.05, 4.69) is 5.32 Å². The SMILES string of the molecule is CC(C)N(Cc1ccccc1)C(=O)CC(=O)Nc1ccccc1F.